The molecule has 1 N–H and O–H groups in total. The molecule has 0 atom stereocenters. The van der Waals surface area contributed by atoms with Crippen LogP contribution in [-0.4, -0.2) is 30.6 Å². The number of rotatable bonds is 8. The fraction of sp³-hybridized carbons (Fsp3) is 0.833. The second-order valence-corrected chi connectivity index (χ2v) is 8.03. The molecule has 0 rings (SSSR count). The highest BCUT2D eigenvalue weighted by Crippen LogP contribution is 2.18. The maximum atomic E-state index is 11.3. The van der Waals surface area contributed by atoms with Crippen LogP contribution in [-0.2, 0) is 4.74 Å². The monoisotopic (exact) mass is 467 g/mol. The lowest BCUT2D eigenvalue weighted by molar-refractivity contribution is -0.0255. The highest BCUT2D eigenvalue weighted by atomic mass is 127. The Balaban J connectivity index is 4.02. The first-order valence-electron chi connectivity index (χ1n) is 5.63. The van der Waals surface area contributed by atoms with E-state index in [0.29, 0.717) is 6.61 Å². The molecule has 0 aromatic heterocycles. The van der Waals surface area contributed by atoms with Crippen molar-refractivity contribution in [1.29, 1.82) is 0 Å². The molecule has 5 heteroatoms. The summed E-state index contributed by atoms with van der Waals surface area (Å²) in [7, 11) is 0. The van der Waals surface area contributed by atoms with E-state index in [2.05, 4.69) is 46.3 Å². The average molecular weight is 467 g/mol. The second kappa shape index (κ2) is 8.04. The van der Waals surface area contributed by atoms with Crippen molar-refractivity contribution in [2.24, 2.45) is 0 Å². The fourth-order valence-electron chi connectivity index (χ4n) is 1.24. The molecule has 17 heavy (non-hydrogen) atoms. The minimum Gasteiger partial charge on any atom is -0.375 e. The Morgan fingerprint density at radius 3 is 2.41 bits per heavy atom. The van der Waals surface area contributed by atoms with Gasteiger partial charge in [-0.1, -0.05) is 27.1 Å². The van der Waals surface area contributed by atoms with E-state index in [4.69, 9.17) is 4.74 Å². The van der Waals surface area contributed by atoms with Gasteiger partial charge in [0.1, 0.15) is 0 Å². The van der Waals surface area contributed by atoms with Crippen LogP contribution in [0.5, 0.6) is 0 Å². The van der Waals surface area contributed by atoms with E-state index < -0.39 is 20.7 Å². The van der Waals surface area contributed by atoms with E-state index in [-0.39, 0.29) is 15.1 Å². The quantitative estimate of drug-likeness (QED) is 0.255. The Labute approximate surface area is 128 Å². The van der Waals surface area contributed by atoms with E-state index in [1.165, 1.54) is 0 Å². The lowest BCUT2D eigenvalue weighted by Crippen LogP contribution is -2.42. The van der Waals surface area contributed by atoms with Crippen LogP contribution in [0, 0.1) is 0 Å². The summed E-state index contributed by atoms with van der Waals surface area (Å²) in [5, 5.41) is 2.99. The van der Waals surface area contributed by atoms with E-state index >= 15 is 0 Å². The zero-order valence-corrected chi connectivity index (χ0v) is 15.4. The number of ether oxygens (including phenoxy) is 1. The standard InChI is InChI=1S/C12H23I2NO2/c1-11(2,15-10(16)14-5)7-9-17-12(3,4)6-8-13/h5-9H2,1-4H3,(H,15,16). The van der Waals surface area contributed by atoms with Crippen molar-refractivity contribution in [3.8, 4) is 0 Å². The van der Waals surface area contributed by atoms with Crippen molar-refractivity contribution >= 4 is 51.8 Å². The van der Waals surface area contributed by atoms with Gasteiger partial charge in [0.05, 0.1) is 5.60 Å². The maximum absolute atomic E-state index is 11.3. The van der Waals surface area contributed by atoms with Crippen molar-refractivity contribution in [2.75, 3.05) is 11.0 Å². The molecule has 0 heterocycles. The van der Waals surface area contributed by atoms with Gasteiger partial charge in [-0.15, -0.1) is 0 Å². The van der Waals surface area contributed by atoms with Crippen LogP contribution >= 0.6 is 43.3 Å². The molecule has 1 amide bonds. The maximum Gasteiger partial charge on any atom is 0.274 e. The molecule has 102 valence electrons. The van der Waals surface area contributed by atoms with E-state index in [1.54, 1.807) is 0 Å². The number of carbonyl (C=O) groups excluding carboxylic acids is 1. The number of alkyl halides is 1. The minimum atomic E-state index is -0.608. The summed E-state index contributed by atoms with van der Waals surface area (Å²) < 4.78 is 10.7. The third-order valence-electron chi connectivity index (χ3n) is 2.47. The Morgan fingerprint density at radius 1 is 1.35 bits per heavy atom. The lowest BCUT2D eigenvalue weighted by Gasteiger charge is -2.29. The van der Waals surface area contributed by atoms with Gasteiger partial charge in [0.2, 0.25) is 0 Å². The summed E-state index contributed by atoms with van der Waals surface area (Å²) in [5.41, 5.74) is -0.268. The molecule has 0 bridgehead atoms. The molecule has 0 aliphatic carbocycles. The Morgan fingerprint density at radius 2 is 1.94 bits per heavy atom. The number of hydrogen-bond donors (Lipinski definition) is 1. The van der Waals surface area contributed by atoms with Crippen molar-refractivity contribution in [1.82, 2.24) is 5.32 Å². The summed E-state index contributed by atoms with van der Waals surface area (Å²) in [6, 6.07) is 0. The molecule has 0 aromatic carbocycles. The van der Waals surface area contributed by atoms with Gasteiger partial charge in [-0.3, -0.25) is 4.79 Å². The topological polar surface area (TPSA) is 38.3 Å². The average Bonchev–Trinajstić information content (AvgIpc) is 2.15. The van der Waals surface area contributed by atoms with Crippen LogP contribution < -0.4 is 5.32 Å². The van der Waals surface area contributed by atoms with Crippen molar-refractivity contribution in [2.45, 2.75) is 51.7 Å². The Bertz CT molecular complexity index is 265. The zero-order chi connectivity index (χ0) is 13.5. The van der Waals surface area contributed by atoms with Crippen LogP contribution in [0.15, 0.2) is 0 Å². The smallest absolute Gasteiger partial charge is 0.274 e. The molecule has 0 radical (unpaired) electrons. The number of hydrogen-bond acceptors (Lipinski definition) is 2. The molecule has 3 nitrogen and oxygen atoms in total. The lowest BCUT2D eigenvalue weighted by atomic mass is 10.0. The minimum absolute atomic E-state index is 0.0689. The second-order valence-electron chi connectivity index (χ2n) is 5.21. The normalized spacial score (nSPS) is 12.5. The molecule has 0 aliphatic rings. The van der Waals surface area contributed by atoms with Gasteiger partial charge in [0.15, 0.2) is 0 Å². The summed E-state index contributed by atoms with van der Waals surface area (Å²) in [6.45, 7) is 8.95. The van der Waals surface area contributed by atoms with Gasteiger partial charge < -0.3 is 10.1 Å². The van der Waals surface area contributed by atoms with Gasteiger partial charge in [-0.2, -0.15) is 0 Å². The van der Waals surface area contributed by atoms with Crippen LogP contribution in [0.1, 0.15) is 40.5 Å². The van der Waals surface area contributed by atoms with Gasteiger partial charge in [0.25, 0.3) is 3.91 Å². The number of halogens is 2. The van der Waals surface area contributed by atoms with Crippen LogP contribution in [0.2, 0.25) is 0 Å². The fourth-order valence-corrected chi connectivity index (χ4v) is 3.46. The van der Waals surface area contributed by atoms with Gasteiger partial charge >= 0.3 is 0 Å². The summed E-state index contributed by atoms with van der Waals surface area (Å²) in [4.78, 5) is 11.3. The molecule has 0 unspecified atom stereocenters. The van der Waals surface area contributed by atoms with Crippen LogP contribution in [0.25, 0.3) is 0 Å². The van der Waals surface area contributed by atoms with Gasteiger partial charge in [-0.05, 0) is 61.3 Å². The van der Waals surface area contributed by atoms with Gasteiger partial charge in [0, 0.05) is 16.6 Å². The largest absolute Gasteiger partial charge is 0.375 e. The molecule has 0 saturated carbocycles. The van der Waals surface area contributed by atoms with E-state index in [1.807, 2.05) is 13.8 Å². The molecular weight excluding hydrogens is 444 g/mol. The third kappa shape index (κ3) is 9.35. The molecule has 0 saturated heterocycles. The first kappa shape index (κ1) is 17.8. The highest BCUT2D eigenvalue weighted by Gasteiger charge is 2.22. The van der Waals surface area contributed by atoms with Crippen molar-refractivity contribution in [3.63, 3.8) is 0 Å². The van der Waals surface area contributed by atoms with E-state index in [0.717, 1.165) is 17.3 Å². The SMILES string of the molecule is C=IC(=O)NC(C)(C)CCOC(C)(C)CCI. The number of carbonyl (C=O) groups is 1. The molecule has 0 aromatic rings. The van der Waals surface area contributed by atoms with Crippen LogP contribution in [0.4, 0.5) is 4.79 Å². The Kier molecular flexibility index (Phi) is 8.40. The summed E-state index contributed by atoms with van der Waals surface area (Å²) >= 11 is 1.75. The van der Waals surface area contributed by atoms with Crippen molar-refractivity contribution in [3.05, 3.63) is 0 Å². The van der Waals surface area contributed by atoms with Crippen LogP contribution in [0.3, 0.4) is 0 Å². The van der Waals surface area contributed by atoms with Crippen molar-refractivity contribution < 1.29 is 9.53 Å². The van der Waals surface area contributed by atoms with Gasteiger partial charge in [-0.25, -0.2) is 0 Å². The summed E-state index contributed by atoms with van der Waals surface area (Å²) in [5.74, 6) is 0. The molecule has 0 fully saturated rings. The predicted octanol–water partition coefficient (Wildman–Crippen LogP) is 3.89. The first-order chi connectivity index (χ1) is 7.72. The third-order valence-corrected chi connectivity index (χ3v) is 3.98. The van der Waals surface area contributed by atoms with E-state index in [9.17, 15) is 4.79 Å². The number of amides is 1. The predicted molar refractivity (Wildman–Crippen MR) is 91.9 cm³/mol. The first-order valence-corrected chi connectivity index (χ1v) is 9.76. The molecule has 0 aliphatic heterocycles. The highest BCUT2D eigenvalue weighted by molar-refractivity contribution is 14.2. The Hall–Kier alpha value is 0.760. The zero-order valence-electron chi connectivity index (χ0n) is 11.1. The summed E-state index contributed by atoms with van der Waals surface area (Å²) in [6.07, 6.45) is 1.87. The molecular formula is C12H23I2NO2. The number of nitrogens with one attached hydrogen (secondary N) is 1. The molecule has 0 spiro atoms.